The topological polar surface area (TPSA) is 55.4 Å². The van der Waals surface area contributed by atoms with Gasteiger partial charge in [0.15, 0.2) is 0 Å². The Hall–Kier alpha value is -1.92. The Bertz CT molecular complexity index is 714. The van der Waals surface area contributed by atoms with Gasteiger partial charge in [-0.15, -0.1) is 0 Å². The van der Waals surface area contributed by atoms with Crippen molar-refractivity contribution in [1.82, 2.24) is 4.72 Å². The summed E-state index contributed by atoms with van der Waals surface area (Å²) in [5.74, 6) is 0.199. The molecule has 2 aromatic rings. The van der Waals surface area contributed by atoms with E-state index < -0.39 is 10.0 Å². The fourth-order valence-electron chi connectivity index (χ4n) is 2.03. The first-order chi connectivity index (χ1) is 10.5. The minimum Gasteiger partial charge on any atom is -0.497 e. The molecule has 0 aliphatic heterocycles. The van der Waals surface area contributed by atoms with Gasteiger partial charge in [0.2, 0.25) is 10.0 Å². The van der Waals surface area contributed by atoms with Gasteiger partial charge in [-0.25, -0.2) is 17.5 Å². The number of halogens is 1. The highest BCUT2D eigenvalue weighted by atomic mass is 32.2. The molecule has 1 N–H and O–H groups in total. The first-order valence-electron chi connectivity index (χ1n) is 6.83. The van der Waals surface area contributed by atoms with Gasteiger partial charge >= 0.3 is 0 Å². The van der Waals surface area contributed by atoms with Crippen LogP contribution in [-0.2, 0) is 22.2 Å². The van der Waals surface area contributed by atoms with Crippen LogP contribution in [0.1, 0.15) is 11.1 Å². The first-order valence-corrected chi connectivity index (χ1v) is 8.48. The zero-order valence-corrected chi connectivity index (χ0v) is 13.1. The van der Waals surface area contributed by atoms with Crippen LogP contribution in [0.3, 0.4) is 0 Å². The number of sulfonamides is 1. The highest BCUT2D eigenvalue weighted by Crippen LogP contribution is 2.13. The number of ether oxygens (including phenoxy) is 1. The molecule has 0 atom stereocenters. The number of nitrogens with one attached hydrogen (secondary N) is 1. The molecule has 0 aliphatic carbocycles. The third-order valence-corrected chi connectivity index (χ3v) is 4.50. The molecule has 0 aromatic heterocycles. The molecule has 0 spiro atoms. The van der Waals surface area contributed by atoms with Gasteiger partial charge in [-0.05, 0) is 41.8 Å². The van der Waals surface area contributed by atoms with E-state index in [4.69, 9.17) is 4.74 Å². The SMILES string of the molecule is COc1cccc(CCNS(=O)(=O)Cc2ccc(F)cc2)c1. The molecule has 0 fully saturated rings. The van der Waals surface area contributed by atoms with Crippen LogP contribution in [0.15, 0.2) is 48.5 Å². The van der Waals surface area contributed by atoms with Crippen molar-refractivity contribution in [3.8, 4) is 5.75 Å². The molecule has 0 heterocycles. The van der Waals surface area contributed by atoms with Crippen LogP contribution < -0.4 is 9.46 Å². The van der Waals surface area contributed by atoms with Gasteiger partial charge in [0.25, 0.3) is 0 Å². The zero-order valence-electron chi connectivity index (χ0n) is 12.3. The predicted molar refractivity (Wildman–Crippen MR) is 83.7 cm³/mol. The van der Waals surface area contributed by atoms with Crippen LogP contribution in [0.2, 0.25) is 0 Å². The Kier molecular flexibility index (Phi) is 5.51. The second-order valence-electron chi connectivity index (χ2n) is 4.88. The maximum absolute atomic E-state index is 12.8. The van der Waals surface area contributed by atoms with Gasteiger partial charge in [-0.3, -0.25) is 0 Å². The summed E-state index contributed by atoms with van der Waals surface area (Å²) in [5.41, 5.74) is 1.54. The molecule has 2 rings (SSSR count). The van der Waals surface area contributed by atoms with E-state index in [1.165, 1.54) is 24.3 Å². The standard InChI is InChI=1S/C16H18FNO3S/c1-21-16-4-2-3-13(11-16)9-10-18-22(19,20)12-14-5-7-15(17)8-6-14/h2-8,11,18H,9-10,12H2,1H3. The highest BCUT2D eigenvalue weighted by Gasteiger charge is 2.11. The van der Waals surface area contributed by atoms with Gasteiger partial charge in [-0.1, -0.05) is 24.3 Å². The lowest BCUT2D eigenvalue weighted by molar-refractivity contribution is 0.414. The van der Waals surface area contributed by atoms with Crippen molar-refractivity contribution in [3.05, 3.63) is 65.5 Å². The van der Waals surface area contributed by atoms with Crippen molar-refractivity contribution in [2.45, 2.75) is 12.2 Å². The molecule has 6 heteroatoms. The molecule has 0 unspecified atom stereocenters. The highest BCUT2D eigenvalue weighted by molar-refractivity contribution is 7.88. The molecule has 0 saturated carbocycles. The van der Waals surface area contributed by atoms with E-state index in [2.05, 4.69) is 4.72 Å². The third kappa shape index (κ3) is 5.13. The smallest absolute Gasteiger partial charge is 0.215 e. The second kappa shape index (κ2) is 7.38. The first kappa shape index (κ1) is 16.5. The lowest BCUT2D eigenvalue weighted by Gasteiger charge is -2.08. The fourth-order valence-corrected chi connectivity index (χ4v) is 3.18. The number of hydrogen-bond donors (Lipinski definition) is 1. The van der Waals surface area contributed by atoms with Gasteiger partial charge in [0, 0.05) is 6.54 Å². The van der Waals surface area contributed by atoms with E-state index >= 15 is 0 Å². The molecule has 4 nitrogen and oxygen atoms in total. The second-order valence-corrected chi connectivity index (χ2v) is 6.69. The van der Waals surface area contributed by atoms with Crippen molar-refractivity contribution in [3.63, 3.8) is 0 Å². The van der Waals surface area contributed by atoms with Crippen molar-refractivity contribution in [2.24, 2.45) is 0 Å². The monoisotopic (exact) mass is 323 g/mol. The minimum absolute atomic E-state index is 0.161. The molecule has 118 valence electrons. The minimum atomic E-state index is -3.44. The average molecular weight is 323 g/mol. The summed E-state index contributed by atoms with van der Waals surface area (Å²) in [5, 5.41) is 0. The fraction of sp³-hybridized carbons (Fsp3) is 0.250. The molecule has 2 aromatic carbocycles. The van der Waals surface area contributed by atoms with Gasteiger partial charge < -0.3 is 4.74 Å². The average Bonchev–Trinajstić information content (AvgIpc) is 2.49. The van der Waals surface area contributed by atoms with Crippen molar-refractivity contribution < 1.29 is 17.5 Å². The van der Waals surface area contributed by atoms with Gasteiger partial charge in [0.05, 0.1) is 12.9 Å². The summed E-state index contributed by atoms with van der Waals surface area (Å²) < 4.78 is 44.4. The third-order valence-electron chi connectivity index (χ3n) is 3.14. The van der Waals surface area contributed by atoms with E-state index in [-0.39, 0.29) is 11.6 Å². The quantitative estimate of drug-likeness (QED) is 0.852. The van der Waals surface area contributed by atoms with Gasteiger partial charge in [0.1, 0.15) is 11.6 Å². The van der Waals surface area contributed by atoms with Gasteiger partial charge in [-0.2, -0.15) is 0 Å². The summed E-state index contributed by atoms with van der Waals surface area (Å²) in [6.45, 7) is 0.302. The molecule has 0 saturated heterocycles. The van der Waals surface area contributed by atoms with Crippen LogP contribution in [0.25, 0.3) is 0 Å². The molecular weight excluding hydrogens is 305 g/mol. The zero-order chi connectivity index (χ0) is 16.0. The Morgan fingerprint density at radius 2 is 1.82 bits per heavy atom. The van der Waals surface area contributed by atoms with Crippen LogP contribution in [0.4, 0.5) is 4.39 Å². The van der Waals surface area contributed by atoms with Crippen molar-refractivity contribution in [2.75, 3.05) is 13.7 Å². The van der Waals surface area contributed by atoms with E-state index in [1.807, 2.05) is 24.3 Å². The normalized spacial score (nSPS) is 11.4. The van der Waals surface area contributed by atoms with Crippen LogP contribution >= 0.6 is 0 Å². The molecule has 0 amide bonds. The summed E-state index contributed by atoms with van der Waals surface area (Å²) in [4.78, 5) is 0. The van der Waals surface area contributed by atoms with E-state index in [1.54, 1.807) is 7.11 Å². The summed E-state index contributed by atoms with van der Waals surface area (Å²) in [6.07, 6.45) is 0.569. The molecule has 0 bridgehead atoms. The predicted octanol–water partition coefficient (Wildman–Crippen LogP) is 2.50. The Morgan fingerprint density at radius 3 is 2.50 bits per heavy atom. The maximum atomic E-state index is 12.8. The Balaban J connectivity index is 1.88. The molecular formula is C16H18FNO3S. The Labute approximate surface area is 130 Å². The number of rotatable bonds is 7. The molecule has 0 radical (unpaired) electrons. The van der Waals surface area contributed by atoms with Crippen LogP contribution in [0.5, 0.6) is 5.75 Å². The largest absolute Gasteiger partial charge is 0.497 e. The van der Waals surface area contributed by atoms with Crippen molar-refractivity contribution in [1.29, 1.82) is 0 Å². The number of benzene rings is 2. The summed E-state index contributed by atoms with van der Waals surface area (Å²) in [6, 6.07) is 12.9. The van der Waals surface area contributed by atoms with Crippen LogP contribution in [-0.4, -0.2) is 22.1 Å². The number of hydrogen-bond acceptors (Lipinski definition) is 3. The van der Waals surface area contributed by atoms with E-state index in [9.17, 15) is 12.8 Å². The lowest BCUT2D eigenvalue weighted by atomic mass is 10.1. The molecule has 0 aliphatic rings. The Morgan fingerprint density at radius 1 is 1.09 bits per heavy atom. The number of methoxy groups -OCH3 is 1. The maximum Gasteiger partial charge on any atom is 0.215 e. The molecule has 22 heavy (non-hydrogen) atoms. The van der Waals surface area contributed by atoms with Crippen molar-refractivity contribution >= 4 is 10.0 Å². The van der Waals surface area contributed by atoms with E-state index in [0.29, 0.717) is 18.5 Å². The summed E-state index contributed by atoms with van der Waals surface area (Å²) >= 11 is 0. The summed E-state index contributed by atoms with van der Waals surface area (Å²) in [7, 11) is -1.85. The van der Waals surface area contributed by atoms with E-state index in [0.717, 1.165) is 11.3 Å². The van der Waals surface area contributed by atoms with Crippen LogP contribution in [0, 0.1) is 5.82 Å². The lowest BCUT2D eigenvalue weighted by Crippen LogP contribution is -2.27.